The predicted octanol–water partition coefficient (Wildman–Crippen LogP) is 2.20. The Labute approximate surface area is 107 Å². The highest BCUT2D eigenvalue weighted by molar-refractivity contribution is 7.92. The SMILES string of the molecule is CCC(C(=O)O)c1ccc(S(=O)(=O)C2CC2)cc1. The van der Waals surface area contributed by atoms with Crippen molar-refractivity contribution in [3.8, 4) is 0 Å². The molecule has 4 nitrogen and oxygen atoms in total. The second-order valence-electron chi connectivity index (χ2n) is 4.61. The van der Waals surface area contributed by atoms with Gasteiger partial charge in [0.15, 0.2) is 9.84 Å². The summed E-state index contributed by atoms with van der Waals surface area (Å²) in [5.41, 5.74) is 0.653. The summed E-state index contributed by atoms with van der Waals surface area (Å²) < 4.78 is 23.9. The molecule has 1 aromatic carbocycles. The van der Waals surface area contributed by atoms with Crippen LogP contribution in [0.4, 0.5) is 0 Å². The summed E-state index contributed by atoms with van der Waals surface area (Å²) in [4.78, 5) is 11.3. The van der Waals surface area contributed by atoms with Gasteiger partial charge in [-0.05, 0) is 37.0 Å². The first kappa shape index (κ1) is 13.1. The maximum absolute atomic E-state index is 12.0. The van der Waals surface area contributed by atoms with Crippen LogP contribution in [0, 0.1) is 0 Å². The standard InChI is InChI=1S/C13H16O4S/c1-2-12(13(14)15)9-3-5-10(6-4-9)18(16,17)11-7-8-11/h3-6,11-12H,2,7-8H2,1H3,(H,14,15). The largest absolute Gasteiger partial charge is 0.481 e. The van der Waals surface area contributed by atoms with E-state index in [1.54, 1.807) is 19.1 Å². The van der Waals surface area contributed by atoms with E-state index in [-0.39, 0.29) is 5.25 Å². The molecular weight excluding hydrogens is 252 g/mol. The Bertz CT molecular complexity index is 541. The predicted molar refractivity (Wildman–Crippen MR) is 67.3 cm³/mol. The van der Waals surface area contributed by atoms with Crippen LogP contribution in [0.3, 0.4) is 0 Å². The van der Waals surface area contributed by atoms with Gasteiger partial charge in [-0.3, -0.25) is 4.79 Å². The average Bonchev–Trinajstić information content (AvgIpc) is 3.14. The van der Waals surface area contributed by atoms with Crippen LogP contribution in [-0.4, -0.2) is 24.7 Å². The second-order valence-corrected chi connectivity index (χ2v) is 6.84. The van der Waals surface area contributed by atoms with Crippen molar-refractivity contribution in [2.75, 3.05) is 0 Å². The lowest BCUT2D eigenvalue weighted by atomic mass is 9.97. The van der Waals surface area contributed by atoms with E-state index in [9.17, 15) is 13.2 Å². The topological polar surface area (TPSA) is 71.4 Å². The van der Waals surface area contributed by atoms with E-state index in [0.29, 0.717) is 16.9 Å². The van der Waals surface area contributed by atoms with Gasteiger partial charge in [-0.25, -0.2) is 8.42 Å². The van der Waals surface area contributed by atoms with Gasteiger partial charge in [0.2, 0.25) is 0 Å². The van der Waals surface area contributed by atoms with Crippen molar-refractivity contribution in [2.24, 2.45) is 0 Å². The first-order valence-electron chi connectivity index (χ1n) is 6.03. The highest BCUT2D eigenvalue weighted by Crippen LogP contribution is 2.34. The minimum absolute atomic E-state index is 0.232. The number of aliphatic carboxylic acids is 1. The zero-order valence-electron chi connectivity index (χ0n) is 10.2. The summed E-state index contributed by atoms with van der Waals surface area (Å²) in [5.74, 6) is -1.45. The molecular formula is C13H16O4S. The molecule has 5 heteroatoms. The van der Waals surface area contributed by atoms with E-state index in [2.05, 4.69) is 0 Å². The normalized spacial score (nSPS) is 17.4. The quantitative estimate of drug-likeness (QED) is 0.888. The zero-order valence-corrected chi connectivity index (χ0v) is 11.0. The molecule has 1 N–H and O–H groups in total. The fourth-order valence-electron chi connectivity index (χ4n) is 2.01. The van der Waals surface area contributed by atoms with Gasteiger partial charge in [-0.15, -0.1) is 0 Å². The minimum atomic E-state index is -3.18. The number of hydrogen-bond donors (Lipinski definition) is 1. The third-order valence-corrected chi connectivity index (χ3v) is 5.56. The number of carboxylic acids is 1. The van der Waals surface area contributed by atoms with Crippen LogP contribution >= 0.6 is 0 Å². The number of rotatable bonds is 5. The molecule has 0 bridgehead atoms. The van der Waals surface area contributed by atoms with Crippen LogP contribution in [0.25, 0.3) is 0 Å². The summed E-state index contributed by atoms with van der Waals surface area (Å²) in [6.45, 7) is 1.80. The van der Waals surface area contributed by atoms with E-state index in [1.807, 2.05) is 0 Å². The van der Waals surface area contributed by atoms with Gasteiger partial charge in [0.25, 0.3) is 0 Å². The molecule has 1 fully saturated rings. The van der Waals surface area contributed by atoms with Crippen molar-refractivity contribution in [1.29, 1.82) is 0 Å². The Morgan fingerprint density at radius 3 is 2.28 bits per heavy atom. The average molecular weight is 268 g/mol. The number of carbonyl (C=O) groups is 1. The first-order chi connectivity index (χ1) is 8.46. The smallest absolute Gasteiger partial charge is 0.310 e. The lowest BCUT2D eigenvalue weighted by Gasteiger charge is -2.10. The second kappa shape index (κ2) is 4.72. The molecule has 1 aliphatic carbocycles. The molecule has 0 heterocycles. The Morgan fingerprint density at radius 1 is 1.33 bits per heavy atom. The third kappa shape index (κ3) is 2.41. The maximum Gasteiger partial charge on any atom is 0.310 e. The third-order valence-electron chi connectivity index (χ3n) is 3.28. The summed E-state index contributed by atoms with van der Waals surface area (Å²) >= 11 is 0. The van der Waals surface area contributed by atoms with Crippen LogP contribution in [-0.2, 0) is 14.6 Å². The molecule has 0 aromatic heterocycles. The minimum Gasteiger partial charge on any atom is -0.481 e. The molecule has 0 spiro atoms. The lowest BCUT2D eigenvalue weighted by molar-refractivity contribution is -0.138. The molecule has 98 valence electrons. The number of sulfone groups is 1. The molecule has 0 amide bonds. The monoisotopic (exact) mass is 268 g/mol. The Morgan fingerprint density at radius 2 is 1.89 bits per heavy atom. The van der Waals surface area contributed by atoms with Crippen LogP contribution in [0.5, 0.6) is 0 Å². The Kier molecular flexibility index (Phi) is 3.43. The maximum atomic E-state index is 12.0. The van der Waals surface area contributed by atoms with Crippen molar-refractivity contribution in [1.82, 2.24) is 0 Å². The summed E-state index contributed by atoms with van der Waals surface area (Å²) in [6, 6.07) is 6.26. The number of benzene rings is 1. The van der Waals surface area contributed by atoms with E-state index in [4.69, 9.17) is 5.11 Å². The molecule has 18 heavy (non-hydrogen) atoms. The van der Waals surface area contributed by atoms with E-state index in [0.717, 1.165) is 12.8 Å². The molecule has 0 saturated heterocycles. The van der Waals surface area contributed by atoms with Crippen molar-refractivity contribution in [3.63, 3.8) is 0 Å². The summed E-state index contributed by atoms with van der Waals surface area (Å²) in [7, 11) is -3.18. The molecule has 0 radical (unpaired) electrons. The molecule has 1 aromatic rings. The molecule has 1 unspecified atom stereocenters. The van der Waals surface area contributed by atoms with Gasteiger partial charge in [-0.2, -0.15) is 0 Å². The van der Waals surface area contributed by atoms with E-state index >= 15 is 0 Å². The van der Waals surface area contributed by atoms with Gasteiger partial charge in [0, 0.05) is 0 Å². The van der Waals surface area contributed by atoms with E-state index < -0.39 is 21.7 Å². The van der Waals surface area contributed by atoms with Crippen LogP contribution < -0.4 is 0 Å². The van der Waals surface area contributed by atoms with Crippen molar-refractivity contribution in [2.45, 2.75) is 42.2 Å². The van der Waals surface area contributed by atoms with E-state index in [1.165, 1.54) is 12.1 Å². The van der Waals surface area contributed by atoms with Crippen molar-refractivity contribution < 1.29 is 18.3 Å². The van der Waals surface area contributed by atoms with Crippen molar-refractivity contribution in [3.05, 3.63) is 29.8 Å². The summed E-state index contributed by atoms with van der Waals surface area (Å²) in [6.07, 6.45) is 1.96. The highest BCUT2D eigenvalue weighted by Gasteiger charge is 2.36. The van der Waals surface area contributed by atoms with Gasteiger partial charge in [0.1, 0.15) is 0 Å². The number of carboxylic acid groups (broad SMARTS) is 1. The van der Waals surface area contributed by atoms with Gasteiger partial charge in [0.05, 0.1) is 16.1 Å². The highest BCUT2D eigenvalue weighted by atomic mass is 32.2. The first-order valence-corrected chi connectivity index (χ1v) is 7.58. The van der Waals surface area contributed by atoms with Crippen molar-refractivity contribution >= 4 is 15.8 Å². The molecule has 1 atom stereocenters. The summed E-state index contributed by atoms with van der Waals surface area (Å²) in [5, 5.41) is 8.80. The lowest BCUT2D eigenvalue weighted by Crippen LogP contribution is -2.11. The van der Waals surface area contributed by atoms with Gasteiger partial charge in [-0.1, -0.05) is 19.1 Å². The molecule has 0 aliphatic heterocycles. The molecule has 1 aliphatic rings. The fourth-order valence-corrected chi connectivity index (χ4v) is 3.67. The van der Waals surface area contributed by atoms with Crippen LogP contribution in [0.1, 0.15) is 37.7 Å². The van der Waals surface area contributed by atoms with Crippen LogP contribution in [0.2, 0.25) is 0 Å². The Balaban J connectivity index is 2.27. The van der Waals surface area contributed by atoms with Gasteiger partial charge >= 0.3 is 5.97 Å². The van der Waals surface area contributed by atoms with Gasteiger partial charge < -0.3 is 5.11 Å². The molecule has 1 saturated carbocycles. The molecule has 2 rings (SSSR count). The fraction of sp³-hybridized carbons (Fsp3) is 0.462. The zero-order chi connectivity index (χ0) is 13.3. The number of hydrogen-bond acceptors (Lipinski definition) is 3. The Hall–Kier alpha value is -1.36. The van der Waals surface area contributed by atoms with Crippen LogP contribution in [0.15, 0.2) is 29.2 Å².